The van der Waals surface area contributed by atoms with Gasteiger partial charge in [0.2, 0.25) is 0 Å². The molecule has 0 spiro atoms. The first-order chi connectivity index (χ1) is 10.7. The Kier molecular flexibility index (Phi) is 5.37. The van der Waals surface area contributed by atoms with Gasteiger partial charge in [-0.15, -0.1) is 0 Å². The smallest absolute Gasteiger partial charge is 0.303 e. The number of carboxylic acids is 1. The van der Waals surface area contributed by atoms with Crippen molar-refractivity contribution in [3.05, 3.63) is 12.2 Å². The van der Waals surface area contributed by atoms with Crippen molar-refractivity contribution in [1.82, 2.24) is 0 Å². The summed E-state index contributed by atoms with van der Waals surface area (Å²) in [6, 6.07) is 0. The van der Waals surface area contributed by atoms with E-state index < -0.39 is 5.97 Å². The Labute approximate surface area is 140 Å². The number of aliphatic carboxylic acids is 1. The maximum Gasteiger partial charge on any atom is 0.303 e. The summed E-state index contributed by atoms with van der Waals surface area (Å²) in [6.45, 7) is 8.79. The van der Waals surface area contributed by atoms with Crippen molar-refractivity contribution < 1.29 is 14.7 Å². The van der Waals surface area contributed by atoms with Crippen LogP contribution in [0.1, 0.15) is 72.6 Å². The van der Waals surface area contributed by atoms with E-state index in [0.717, 1.165) is 32.1 Å². The van der Waals surface area contributed by atoms with Crippen LogP contribution in [0.25, 0.3) is 0 Å². The summed E-state index contributed by atoms with van der Waals surface area (Å²) in [5.74, 6) is 1.11. The molecule has 0 heterocycles. The Balaban J connectivity index is 2.03. The number of carboxylic acid groups (broad SMARTS) is 1. The molecule has 1 fully saturated rings. The summed E-state index contributed by atoms with van der Waals surface area (Å²) in [4.78, 5) is 23.1. The van der Waals surface area contributed by atoms with E-state index in [0.29, 0.717) is 30.0 Å². The van der Waals surface area contributed by atoms with Crippen LogP contribution in [0.3, 0.4) is 0 Å². The Morgan fingerprint density at radius 1 is 1.35 bits per heavy atom. The van der Waals surface area contributed by atoms with Crippen LogP contribution in [0.2, 0.25) is 0 Å². The maximum absolute atomic E-state index is 12.4. The van der Waals surface area contributed by atoms with Crippen LogP contribution in [0.5, 0.6) is 0 Å². The minimum absolute atomic E-state index is 0.207. The van der Waals surface area contributed by atoms with Gasteiger partial charge in [-0.3, -0.25) is 9.59 Å². The Bertz CT molecular complexity index is 491. The number of Topliss-reactive ketones (excluding diaryl/α,β-unsaturated/α-hetero) is 1. The first-order valence-electron chi connectivity index (χ1n) is 9.09. The fourth-order valence-electron chi connectivity index (χ4n) is 4.91. The minimum atomic E-state index is -0.700. The highest BCUT2D eigenvalue weighted by atomic mass is 16.4. The molecule has 1 saturated carbocycles. The number of ketones is 1. The fraction of sp³-hybridized carbons (Fsp3) is 0.800. The molecule has 0 aromatic heterocycles. The fourth-order valence-corrected chi connectivity index (χ4v) is 4.91. The van der Waals surface area contributed by atoms with Crippen molar-refractivity contribution in [1.29, 1.82) is 0 Å². The summed E-state index contributed by atoms with van der Waals surface area (Å²) in [6.07, 6.45) is 10.6. The lowest BCUT2D eigenvalue weighted by Gasteiger charge is -2.54. The van der Waals surface area contributed by atoms with Crippen LogP contribution >= 0.6 is 0 Å². The molecule has 130 valence electrons. The first-order valence-corrected chi connectivity index (χ1v) is 9.09. The lowest BCUT2D eigenvalue weighted by molar-refractivity contribution is -0.142. The largest absolute Gasteiger partial charge is 0.481 e. The van der Waals surface area contributed by atoms with E-state index in [-0.39, 0.29) is 17.3 Å². The van der Waals surface area contributed by atoms with E-state index in [4.69, 9.17) is 5.11 Å². The van der Waals surface area contributed by atoms with Gasteiger partial charge in [-0.25, -0.2) is 0 Å². The average Bonchev–Trinajstić information content (AvgIpc) is 2.48. The number of fused-ring (bicyclic) bond motifs is 1. The van der Waals surface area contributed by atoms with Crippen molar-refractivity contribution in [3.63, 3.8) is 0 Å². The number of hydrogen-bond acceptors (Lipinski definition) is 2. The summed E-state index contributed by atoms with van der Waals surface area (Å²) >= 11 is 0. The number of carbonyl (C=O) groups is 2. The van der Waals surface area contributed by atoms with Crippen LogP contribution < -0.4 is 0 Å². The summed E-state index contributed by atoms with van der Waals surface area (Å²) < 4.78 is 0. The topological polar surface area (TPSA) is 54.4 Å². The van der Waals surface area contributed by atoms with Gasteiger partial charge in [-0.2, -0.15) is 0 Å². The molecule has 4 atom stereocenters. The third-order valence-corrected chi connectivity index (χ3v) is 6.69. The van der Waals surface area contributed by atoms with Gasteiger partial charge >= 0.3 is 5.97 Å². The van der Waals surface area contributed by atoms with E-state index >= 15 is 0 Å². The van der Waals surface area contributed by atoms with Gasteiger partial charge in [-0.1, -0.05) is 46.3 Å². The average molecular weight is 320 g/mol. The molecular formula is C20H32O3. The monoisotopic (exact) mass is 320 g/mol. The Morgan fingerprint density at radius 3 is 2.70 bits per heavy atom. The second-order valence-electron chi connectivity index (χ2n) is 8.59. The zero-order valence-electron chi connectivity index (χ0n) is 15.1. The molecule has 0 amide bonds. The SMILES string of the molecule is CC(CCC(=O)O)CCC1C=CCC2C(C)(C)C(=O)CCC12C. The van der Waals surface area contributed by atoms with Gasteiger partial charge < -0.3 is 5.11 Å². The number of carbonyl (C=O) groups excluding carboxylic acids is 1. The van der Waals surface area contributed by atoms with E-state index in [2.05, 4.69) is 39.8 Å². The normalized spacial score (nSPS) is 34.0. The van der Waals surface area contributed by atoms with Crippen LogP contribution in [0.15, 0.2) is 12.2 Å². The quantitative estimate of drug-likeness (QED) is 0.711. The van der Waals surface area contributed by atoms with Crippen LogP contribution in [0, 0.1) is 28.6 Å². The van der Waals surface area contributed by atoms with Crippen molar-refractivity contribution in [2.75, 3.05) is 0 Å². The second kappa shape index (κ2) is 6.78. The van der Waals surface area contributed by atoms with E-state index in [1.54, 1.807) is 0 Å². The molecule has 2 rings (SSSR count). The molecule has 1 N–H and O–H groups in total. The standard InChI is InChI=1S/C20H32O3/c1-14(9-11-18(22)23)8-10-15-6-5-7-16-19(2,3)17(21)12-13-20(15,16)4/h5-6,14-16H,7-13H2,1-4H3,(H,22,23). The van der Waals surface area contributed by atoms with E-state index in [1.165, 1.54) is 0 Å². The summed E-state index contributed by atoms with van der Waals surface area (Å²) in [5, 5.41) is 8.81. The Morgan fingerprint density at radius 2 is 2.04 bits per heavy atom. The van der Waals surface area contributed by atoms with Crippen molar-refractivity contribution in [3.8, 4) is 0 Å². The zero-order chi connectivity index (χ0) is 17.3. The molecule has 23 heavy (non-hydrogen) atoms. The van der Waals surface area contributed by atoms with E-state index in [1.807, 2.05) is 0 Å². The Hall–Kier alpha value is -1.12. The number of hydrogen-bond donors (Lipinski definition) is 1. The lowest BCUT2D eigenvalue weighted by Crippen LogP contribution is -2.51. The molecule has 0 saturated heterocycles. The number of allylic oxidation sites excluding steroid dienone is 2. The molecule has 3 nitrogen and oxygen atoms in total. The molecule has 4 unspecified atom stereocenters. The van der Waals surface area contributed by atoms with Gasteiger partial charge in [0.15, 0.2) is 0 Å². The van der Waals surface area contributed by atoms with Crippen LogP contribution in [-0.2, 0) is 9.59 Å². The lowest BCUT2D eigenvalue weighted by atomic mass is 9.49. The number of rotatable bonds is 6. The highest BCUT2D eigenvalue weighted by Crippen LogP contribution is 2.57. The third kappa shape index (κ3) is 3.70. The molecule has 0 aliphatic heterocycles. The molecule has 0 aromatic rings. The van der Waals surface area contributed by atoms with Gasteiger partial charge in [0.1, 0.15) is 5.78 Å². The van der Waals surface area contributed by atoms with Crippen molar-refractivity contribution in [2.24, 2.45) is 28.6 Å². The van der Waals surface area contributed by atoms with Crippen molar-refractivity contribution >= 4 is 11.8 Å². The van der Waals surface area contributed by atoms with Gasteiger partial charge in [0.25, 0.3) is 0 Å². The minimum Gasteiger partial charge on any atom is -0.481 e. The van der Waals surface area contributed by atoms with E-state index in [9.17, 15) is 9.59 Å². The molecule has 3 heteroatoms. The molecule has 2 aliphatic carbocycles. The van der Waals surface area contributed by atoms with Gasteiger partial charge in [0, 0.05) is 18.3 Å². The summed E-state index contributed by atoms with van der Waals surface area (Å²) in [7, 11) is 0. The van der Waals surface area contributed by atoms with Crippen LogP contribution in [0.4, 0.5) is 0 Å². The predicted molar refractivity (Wildman–Crippen MR) is 92.1 cm³/mol. The first kappa shape index (κ1) is 18.2. The predicted octanol–water partition coefficient (Wildman–Crippen LogP) is 4.86. The van der Waals surface area contributed by atoms with Crippen molar-refractivity contribution in [2.45, 2.75) is 72.6 Å². The third-order valence-electron chi connectivity index (χ3n) is 6.69. The molecule has 0 bridgehead atoms. The molecule has 2 aliphatic rings. The van der Waals surface area contributed by atoms with Crippen LogP contribution in [-0.4, -0.2) is 16.9 Å². The molecular weight excluding hydrogens is 288 g/mol. The molecule has 0 aromatic carbocycles. The highest BCUT2D eigenvalue weighted by molar-refractivity contribution is 5.85. The van der Waals surface area contributed by atoms with Gasteiger partial charge in [0.05, 0.1) is 0 Å². The summed E-state index contributed by atoms with van der Waals surface area (Å²) in [5.41, 5.74) is -0.0103. The van der Waals surface area contributed by atoms with Gasteiger partial charge in [-0.05, 0) is 48.9 Å². The maximum atomic E-state index is 12.4. The second-order valence-corrected chi connectivity index (χ2v) is 8.59. The molecule has 0 radical (unpaired) electrons. The zero-order valence-corrected chi connectivity index (χ0v) is 15.1. The highest BCUT2D eigenvalue weighted by Gasteiger charge is 2.53.